The lowest BCUT2D eigenvalue weighted by molar-refractivity contribution is -0.143. The summed E-state index contributed by atoms with van der Waals surface area (Å²) >= 11 is 0. The molecule has 1 aliphatic rings. The van der Waals surface area contributed by atoms with E-state index in [1.165, 1.54) is 10.8 Å². The molecule has 1 saturated carbocycles. The van der Waals surface area contributed by atoms with Gasteiger partial charge in [-0.1, -0.05) is 13.3 Å². The third kappa shape index (κ3) is 3.09. The second kappa shape index (κ2) is 6.28. The topological polar surface area (TPSA) is 84.2 Å². The zero-order chi connectivity index (χ0) is 15.5. The van der Waals surface area contributed by atoms with Gasteiger partial charge in [0.05, 0.1) is 0 Å². The van der Waals surface area contributed by atoms with Crippen LogP contribution in [0, 0.1) is 5.92 Å². The maximum absolute atomic E-state index is 12.2. The average molecular weight is 293 g/mol. The van der Waals surface area contributed by atoms with Gasteiger partial charge in [0.15, 0.2) is 5.82 Å². The molecule has 0 spiro atoms. The Hall–Kier alpha value is -1.85. The fourth-order valence-electron chi connectivity index (χ4n) is 2.98. The van der Waals surface area contributed by atoms with E-state index in [0.29, 0.717) is 25.3 Å². The minimum atomic E-state index is -1.06. The zero-order valence-electron chi connectivity index (χ0n) is 12.6. The molecule has 0 radical (unpaired) electrons. The quantitative estimate of drug-likeness (QED) is 0.868. The number of hydrogen-bond donors (Lipinski definition) is 2. The van der Waals surface area contributed by atoms with Crippen LogP contribution in [0.1, 0.15) is 46.0 Å². The van der Waals surface area contributed by atoms with E-state index in [1.54, 1.807) is 6.20 Å². The van der Waals surface area contributed by atoms with Crippen LogP contribution in [0.4, 0.5) is 5.82 Å². The summed E-state index contributed by atoms with van der Waals surface area (Å²) in [5.74, 6) is -0.183. The van der Waals surface area contributed by atoms with Gasteiger partial charge < -0.3 is 15.0 Å². The Morgan fingerprint density at radius 1 is 1.48 bits per heavy atom. The molecule has 21 heavy (non-hydrogen) atoms. The molecule has 6 heteroatoms. The normalized spacial score (nSPS) is 25.5. The van der Waals surface area contributed by atoms with Crippen LogP contribution >= 0.6 is 0 Å². The van der Waals surface area contributed by atoms with Crippen molar-refractivity contribution < 1.29 is 9.90 Å². The van der Waals surface area contributed by atoms with E-state index in [0.717, 1.165) is 19.3 Å². The number of nitrogens with zero attached hydrogens (tertiary/aromatic N) is 2. The first-order valence-corrected chi connectivity index (χ1v) is 7.59. The minimum Gasteiger partial charge on any atom is -0.480 e. The fraction of sp³-hybridized carbons (Fsp3) is 0.667. The SMILES string of the molecule is CCC1CCC(Nc2nccn(CC)c2=O)(C(=O)O)CC1. The zero-order valence-corrected chi connectivity index (χ0v) is 12.6. The number of nitrogens with one attached hydrogen (secondary N) is 1. The molecule has 0 amide bonds. The predicted molar refractivity (Wildman–Crippen MR) is 80.4 cm³/mol. The van der Waals surface area contributed by atoms with Crippen LogP contribution in [0.15, 0.2) is 17.2 Å². The minimum absolute atomic E-state index is 0.136. The van der Waals surface area contributed by atoms with Gasteiger partial charge in [-0.15, -0.1) is 0 Å². The van der Waals surface area contributed by atoms with Crippen molar-refractivity contribution in [3.05, 3.63) is 22.7 Å². The molecule has 0 aromatic carbocycles. The van der Waals surface area contributed by atoms with Gasteiger partial charge in [0.2, 0.25) is 0 Å². The number of aliphatic carboxylic acids is 1. The van der Waals surface area contributed by atoms with E-state index >= 15 is 0 Å². The highest BCUT2D eigenvalue weighted by atomic mass is 16.4. The molecule has 0 bridgehead atoms. The summed E-state index contributed by atoms with van der Waals surface area (Å²) in [5.41, 5.74) is -1.33. The number of carboxylic acid groups (broad SMARTS) is 1. The standard InChI is InChI=1S/C15H23N3O3/c1-3-11-5-7-15(8-6-11,14(20)21)17-12-13(19)18(4-2)10-9-16-12/h9-11H,3-8H2,1-2H3,(H,16,17)(H,20,21). The molecule has 1 aliphatic carbocycles. The Balaban J connectivity index is 2.26. The van der Waals surface area contributed by atoms with Crippen LogP contribution in [0.3, 0.4) is 0 Å². The largest absolute Gasteiger partial charge is 0.480 e. The number of carbonyl (C=O) groups is 1. The van der Waals surface area contributed by atoms with Crippen LogP contribution in [0.2, 0.25) is 0 Å². The molecule has 0 unspecified atom stereocenters. The molecule has 0 atom stereocenters. The smallest absolute Gasteiger partial charge is 0.329 e. The van der Waals surface area contributed by atoms with Gasteiger partial charge in [0.25, 0.3) is 5.56 Å². The molecular formula is C15H23N3O3. The number of hydrogen-bond acceptors (Lipinski definition) is 4. The lowest BCUT2D eigenvalue weighted by Crippen LogP contribution is -2.50. The lowest BCUT2D eigenvalue weighted by atomic mass is 9.75. The number of aromatic nitrogens is 2. The Morgan fingerprint density at radius 3 is 2.67 bits per heavy atom. The van der Waals surface area contributed by atoms with Gasteiger partial charge in [-0.2, -0.15) is 0 Å². The van der Waals surface area contributed by atoms with E-state index in [4.69, 9.17) is 0 Å². The molecule has 1 fully saturated rings. The van der Waals surface area contributed by atoms with Gasteiger partial charge in [-0.3, -0.25) is 4.79 Å². The Kier molecular flexibility index (Phi) is 4.65. The van der Waals surface area contributed by atoms with Crippen molar-refractivity contribution >= 4 is 11.8 Å². The van der Waals surface area contributed by atoms with E-state index in [2.05, 4.69) is 17.2 Å². The molecule has 2 rings (SSSR count). The highest BCUT2D eigenvalue weighted by molar-refractivity contribution is 5.82. The van der Waals surface area contributed by atoms with Crippen molar-refractivity contribution in [3.63, 3.8) is 0 Å². The molecule has 0 aliphatic heterocycles. The van der Waals surface area contributed by atoms with E-state index in [1.807, 2.05) is 6.92 Å². The monoisotopic (exact) mass is 293 g/mol. The van der Waals surface area contributed by atoms with Crippen molar-refractivity contribution in [1.29, 1.82) is 0 Å². The fourth-order valence-corrected chi connectivity index (χ4v) is 2.98. The van der Waals surface area contributed by atoms with Crippen LogP contribution < -0.4 is 10.9 Å². The van der Waals surface area contributed by atoms with E-state index in [-0.39, 0.29) is 11.4 Å². The maximum atomic E-state index is 12.2. The molecule has 2 N–H and O–H groups in total. The van der Waals surface area contributed by atoms with Crippen molar-refractivity contribution in [1.82, 2.24) is 9.55 Å². The summed E-state index contributed by atoms with van der Waals surface area (Å²) in [5, 5.41) is 12.6. The second-order valence-electron chi connectivity index (χ2n) is 5.73. The third-order valence-electron chi connectivity index (χ3n) is 4.56. The maximum Gasteiger partial charge on any atom is 0.329 e. The first-order chi connectivity index (χ1) is 10.0. The van der Waals surface area contributed by atoms with Gasteiger partial charge in [-0.05, 0) is 38.5 Å². The summed E-state index contributed by atoms with van der Waals surface area (Å²) in [4.78, 5) is 28.0. The number of rotatable bonds is 5. The van der Waals surface area contributed by atoms with E-state index < -0.39 is 11.5 Å². The Labute approximate surface area is 124 Å². The summed E-state index contributed by atoms with van der Waals surface area (Å²) in [6.45, 7) is 4.53. The van der Waals surface area contributed by atoms with Crippen molar-refractivity contribution in [2.75, 3.05) is 5.32 Å². The summed E-state index contributed by atoms with van der Waals surface area (Å²) in [6, 6.07) is 0. The third-order valence-corrected chi connectivity index (χ3v) is 4.56. The van der Waals surface area contributed by atoms with Crippen LogP contribution in [-0.2, 0) is 11.3 Å². The van der Waals surface area contributed by atoms with E-state index in [9.17, 15) is 14.7 Å². The van der Waals surface area contributed by atoms with Gasteiger partial charge >= 0.3 is 5.97 Å². The molecule has 1 aromatic rings. The Bertz CT molecular complexity index is 560. The molecular weight excluding hydrogens is 270 g/mol. The molecule has 116 valence electrons. The molecule has 1 heterocycles. The first kappa shape index (κ1) is 15.5. The number of anilines is 1. The number of carboxylic acids is 1. The summed E-state index contributed by atoms with van der Waals surface area (Å²) in [7, 11) is 0. The molecule has 0 saturated heterocycles. The van der Waals surface area contributed by atoms with Gasteiger partial charge in [0, 0.05) is 18.9 Å². The Morgan fingerprint density at radius 2 is 2.14 bits per heavy atom. The predicted octanol–water partition coefficient (Wildman–Crippen LogP) is 2.10. The van der Waals surface area contributed by atoms with Crippen LogP contribution in [0.25, 0.3) is 0 Å². The van der Waals surface area contributed by atoms with Gasteiger partial charge in [-0.25, -0.2) is 9.78 Å². The van der Waals surface area contributed by atoms with Crippen LogP contribution in [0.5, 0.6) is 0 Å². The summed E-state index contributed by atoms with van der Waals surface area (Å²) in [6.07, 6.45) is 7.00. The lowest BCUT2D eigenvalue weighted by Gasteiger charge is -2.37. The van der Waals surface area contributed by atoms with Crippen molar-refractivity contribution in [3.8, 4) is 0 Å². The van der Waals surface area contributed by atoms with Crippen molar-refractivity contribution in [2.45, 2.75) is 58.0 Å². The highest BCUT2D eigenvalue weighted by Gasteiger charge is 2.42. The molecule has 1 aromatic heterocycles. The molecule has 6 nitrogen and oxygen atoms in total. The van der Waals surface area contributed by atoms with Crippen molar-refractivity contribution in [2.24, 2.45) is 5.92 Å². The average Bonchev–Trinajstić information content (AvgIpc) is 2.50. The van der Waals surface area contributed by atoms with Gasteiger partial charge in [0.1, 0.15) is 5.54 Å². The second-order valence-corrected chi connectivity index (χ2v) is 5.73. The summed E-state index contributed by atoms with van der Waals surface area (Å²) < 4.78 is 1.52. The first-order valence-electron chi connectivity index (χ1n) is 7.59. The highest BCUT2D eigenvalue weighted by Crippen LogP contribution is 2.35. The van der Waals surface area contributed by atoms with Crippen LogP contribution in [-0.4, -0.2) is 26.2 Å². The number of aryl methyl sites for hydroxylation is 1.